The molecule has 1 aliphatic rings. The molecule has 0 aromatic carbocycles. The highest BCUT2D eigenvalue weighted by atomic mass is 16.3. The van der Waals surface area contributed by atoms with Gasteiger partial charge in [0, 0.05) is 0 Å². The van der Waals surface area contributed by atoms with Crippen LogP contribution in [0.4, 0.5) is 0 Å². The number of rotatable bonds is 1. The van der Waals surface area contributed by atoms with E-state index in [9.17, 15) is 5.11 Å². The molecule has 0 radical (unpaired) electrons. The van der Waals surface area contributed by atoms with Crippen molar-refractivity contribution < 1.29 is 5.11 Å². The van der Waals surface area contributed by atoms with Crippen LogP contribution in [-0.4, -0.2) is 35.4 Å². The Kier molecular flexibility index (Phi) is 2.65. The molecular formula is C7H16N2O. The minimum absolute atomic E-state index is 0.126. The van der Waals surface area contributed by atoms with E-state index in [1.165, 1.54) is 0 Å². The number of hydrogen-bond acceptors (Lipinski definition) is 3. The third-order valence-electron chi connectivity index (χ3n) is 2.17. The van der Waals surface area contributed by atoms with Crippen molar-refractivity contribution in [3.8, 4) is 0 Å². The second-order valence-electron chi connectivity index (χ2n) is 2.83. The van der Waals surface area contributed by atoms with Crippen LogP contribution in [0.3, 0.4) is 0 Å². The summed E-state index contributed by atoms with van der Waals surface area (Å²) < 4.78 is 0. The summed E-state index contributed by atoms with van der Waals surface area (Å²) in [5.41, 5.74) is 5.71. The molecule has 1 saturated heterocycles. The van der Waals surface area contributed by atoms with Crippen molar-refractivity contribution in [1.29, 1.82) is 0 Å². The lowest BCUT2D eigenvalue weighted by atomic mass is 10.1. The average molecular weight is 144 g/mol. The highest BCUT2D eigenvalue weighted by Crippen LogP contribution is 2.12. The van der Waals surface area contributed by atoms with Crippen LogP contribution in [0.15, 0.2) is 0 Å². The van der Waals surface area contributed by atoms with Crippen molar-refractivity contribution in [2.24, 2.45) is 5.73 Å². The molecule has 0 bridgehead atoms. The van der Waals surface area contributed by atoms with Gasteiger partial charge < -0.3 is 10.8 Å². The van der Waals surface area contributed by atoms with Gasteiger partial charge in [-0.3, -0.25) is 4.90 Å². The van der Waals surface area contributed by atoms with Gasteiger partial charge in [0.1, 0.15) is 0 Å². The Hall–Kier alpha value is -0.120. The molecule has 2 unspecified atom stereocenters. The summed E-state index contributed by atoms with van der Waals surface area (Å²) in [4.78, 5) is 2.11. The first-order valence-corrected chi connectivity index (χ1v) is 3.93. The molecule has 3 heteroatoms. The highest BCUT2D eigenvalue weighted by molar-refractivity contribution is 4.78. The smallest absolute Gasteiger partial charge is 0.0839 e. The second kappa shape index (κ2) is 3.32. The zero-order valence-corrected chi connectivity index (χ0v) is 6.45. The molecule has 1 rings (SSSR count). The van der Waals surface area contributed by atoms with E-state index >= 15 is 0 Å². The van der Waals surface area contributed by atoms with E-state index in [1.807, 2.05) is 0 Å². The van der Waals surface area contributed by atoms with E-state index in [4.69, 9.17) is 5.73 Å². The minimum atomic E-state index is -0.311. The Balaban J connectivity index is 2.42. The minimum Gasteiger partial charge on any atom is -0.390 e. The highest BCUT2D eigenvalue weighted by Gasteiger charge is 2.24. The molecule has 0 aromatic rings. The van der Waals surface area contributed by atoms with Gasteiger partial charge in [0.25, 0.3) is 0 Å². The van der Waals surface area contributed by atoms with Crippen LogP contribution >= 0.6 is 0 Å². The standard InChI is InChI=1S/C7H16N2O/c1-2-9-5-3-4-6(10)7(9)8/h6-7,10H,2-5,8H2,1H3. The largest absolute Gasteiger partial charge is 0.390 e. The van der Waals surface area contributed by atoms with Gasteiger partial charge in [0.05, 0.1) is 12.3 Å². The van der Waals surface area contributed by atoms with Gasteiger partial charge in [-0.15, -0.1) is 0 Å². The summed E-state index contributed by atoms with van der Waals surface area (Å²) in [7, 11) is 0. The number of aliphatic hydroxyl groups excluding tert-OH is 1. The molecule has 60 valence electrons. The summed E-state index contributed by atoms with van der Waals surface area (Å²) in [5.74, 6) is 0. The lowest BCUT2D eigenvalue weighted by Crippen LogP contribution is -2.53. The van der Waals surface area contributed by atoms with E-state index in [0.29, 0.717) is 0 Å². The summed E-state index contributed by atoms with van der Waals surface area (Å²) in [6.45, 7) is 4.05. The van der Waals surface area contributed by atoms with Crippen LogP contribution in [0.1, 0.15) is 19.8 Å². The van der Waals surface area contributed by atoms with Gasteiger partial charge in [-0.25, -0.2) is 0 Å². The van der Waals surface area contributed by atoms with Gasteiger partial charge in [-0.1, -0.05) is 6.92 Å². The molecule has 3 nitrogen and oxygen atoms in total. The Morgan fingerprint density at radius 3 is 2.90 bits per heavy atom. The monoisotopic (exact) mass is 144 g/mol. The van der Waals surface area contributed by atoms with Crippen LogP contribution in [-0.2, 0) is 0 Å². The van der Waals surface area contributed by atoms with Crippen molar-refractivity contribution >= 4 is 0 Å². The number of likely N-dealkylation sites (tertiary alicyclic amines) is 1. The van der Waals surface area contributed by atoms with Gasteiger partial charge in [-0.2, -0.15) is 0 Å². The van der Waals surface area contributed by atoms with E-state index in [-0.39, 0.29) is 12.3 Å². The van der Waals surface area contributed by atoms with Crippen LogP contribution < -0.4 is 5.73 Å². The van der Waals surface area contributed by atoms with Gasteiger partial charge in [0.2, 0.25) is 0 Å². The number of likely N-dealkylation sites (N-methyl/N-ethyl adjacent to an activating group) is 1. The quantitative estimate of drug-likeness (QED) is 0.533. The second-order valence-corrected chi connectivity index (χ2v) is 2.83. The Morgan fingerprint density at radius 1 is 1.70 bits per heavy atom. The summed E-state index contributed by atoms with van der Waals surface area (Å²) in [5, 5.41) is 9.31. The van der Waals surface area contributed by atoms with Gasteiger partial charge in [0.15, 0.2) is 0 Å². The lowest BCUT2D eigenvalue weighted by molar-refractivity contribution is 0.0169. The van der Waals surface area contributed by atoms with Crippen molar-refractivity contribution in [1.82, 2.24) is 4.90 Å². The third-order valence-corrected chi connectivity index (χ3v) is 2.17. The summed E-state index contributed by atoms with van der Waals surface area (Å²) >= 11 is 0. The van der Waals surface area contributed by atoms with E-state index in [2.05, 4.69) is 11.8 Å². The van der Waals surface area contributed by atoms with Crippen LogP contribution in [0.2, 0.25) is 0 Å². The predicted octanol–water partition coefficient (Wildman–Crippen LogP) is -0.252. The van der Waals surface area contributed by atoms with Crippen LogP contribution in [0.5, 0.6) is 0 Å². The number of aliphatic hydroxyl groups is 1. The maximum absolute atomic E-state index is 9.31. The summed E-state index contributed by atoms with van der Waals surface area (Å²) in [6, 6.07) is 0. The molecule has 0 aliphatic carbocycles. The molecule has 0 aromatic heterocycles. The summed E-state index contributed by atoms with van der Waals surface area (Å²) in [6.07, 6.45) is 1.49. The fourth-order valence-corrected chi connectivity index (χ4v) is 1.44. The number of piperidine rings is 1. The first kappa shape index (κ1) is 7.98. The molecular weight excluding hydrogens is 128 g/mol. The average Bonchev–Trinajstić information content (AvgIpc) is 1.95. The van der Waals surface area contributed by atoms with E-state index in [1.54, 1.807) is 0 Å². The molecule has 2 atom stereocenters. The predicted molar refractivity (Wildman–Crippen MR) is 40.5 cm³/mol. The number of nitrogens with two attached hydrogens (primary N) is 1. The SMILES string of the molecule is CCN1CCCC(O)C1N. The Labute approximate surface area is 61.8 Å². The Bertz CT molecular complexity index is 108. The molecule has 0 saturated carbocycles. The fourth-order valence-electron chi connectivity index (χ4n) is 1.44. The fraction of sp³-hybridized carbons (Fsp3) is 1.00. The topological polar surface area (TPSA) is 49.5 Å². The van der Waals surface area contributed by atoms with E-state index < -0.39 is 0 Å². The zero-order valence-electron chi connectivity index (χ0n) is 6.45. The van der Waals surface area contributed by atoms with Crippen LogP contribution in [0.25, 0.3) is 0 Å². The van der Waals surface area contributed by atoms with E-state index in [0.717, 1.165) is 25.9 Å². The maximum Gasteiger partial charge on any atom is 0.0839 e. The molecule has 10 heavy (non-hydrogen) atoms. The van der Waals surface area contributed by atoms with Crippen LogP contribution in [0, 0.1) is 0 Å². The van der Waals surface area contributed by atoms with Crippen molar-refractivity contribution in [2.45, 2.75) is 32.0 Å². The van der Waals surface area contributed by atoms with Crippen molar-refractivity contribution in [3.05, 3.63) is 0 Å². The molecule has 1 fully saturated rings. The molecule has 3 N–H and O–H groups in total. The van der Waals surface area contributed by atoms with Crippen molar-refractivity contribution in [3.63, 3.8) is 0 Å². The first-order valence-electron chi connectivity index (χ1n) is 3.93. The third kappa shape index (κ3) is 1.48. The van der Waals surface area contributed by atoms with Crippen molar-refractivity contribution in [2.75, 3.05) is 13.1 Å². The number of nitrogens with zero attached hydrogens (tertiary/aromatic N) is 1. The molecule has 0 spiro atoms. The first-order chi connectivity index (χ1) is 4.75. The van der Waals surface area contributed by atoms with Gasteiger partial charge >= 0.3 is 0 Å². The molecule has 1 heterocycles. The maximum atomic E-state index is 9.31. The molecule has 0 amide bonds. The lowest BCUT2D eigenvalue weighted by Gasteiger charge is -2.35. The Morgan fingerprint density at radius 2 is 2.40 bits per heavy atom. The number of hydrogen-bond donors (Lipinski definition) is 2. The van der Waals surface area contributed by atoms with Gasteiger partial charge in [-0.05, 0) is 25.9 Å². The zero-order chi connectivity index (χ0) is 7.56. The molecule has 1 aliphatic heterocycles. The normalized spacial score (nSPS) is 36.3.